The van der Waals surface area contributed by atoms with Crippen molar-refractivity contribution in [3.05, 3.63) is 62.4 Å². The third kappa shape index (κ3) is 3.06. The number of ether oxygens (including phenoxy) is 1. The van der Waals surface area contributed by atoms with Crippen LogP contribution < -0.4 is 16.0 Å². The van der Waals surface area contributed by atoms with Crippen molar-refractivity contribution in [2.45, 2.75) is 20.0 Å². The van der Waals surface area contributed by atoms with Crippen molar-refractivity contribution >= 4 is 5.78 Å². The van der Waals surface area contributed by atoms with Crippen molar-refractivity contribution in [2.75, 3.05) is 7.11 Å². The number of aryl methyl sites for hydroxylation is 1. The zero-order chi connectivity index (χ0) is 17.0. The molecule has 7 nitrogen and oxygen atoms in total. The normalized spacial score (nSPS) is 10.1. The molecule has 0 aliphatic rings. The second-order valence-corrected chi connectivity index (χ2v) is 4.74. The van der Waals surface area contributed by atoms with E-state index in [4.69, 9.17) is 10.00 Å². The summed E-state index contributed by atoms with van der Waals surface area (Å²) in [5, 5.41) is 9.00. The van der Waals surface area contributed by atoms with Crippen LogP contribution in [0.2, 0.25) is 0 Å². The smallest absolute Gasteiger partial charge is 0.331 e. The maximum Gasteiger partial charge on any atom is 0.331 e. The van der Waals surface area contributed by atoms with E-state index in [1.165, 1.54) is 17.9 Å². The third-order valence-electron chi connectivity index (χ3n) is 3.41. The Balaban J connectivity index is 2.52. The molecule has 1 aromatic heterocycles. The second-order valence-electron chi connectivity index (χ2n) is 4.74. The van der Waals surface area contributed by atoms with Crippen molar-refractivity contribution in [1.29, 1.82) is 5.26 Å². The molecule has 0 bridgehead atoms. The van der Waals surface area contributed by atoms with Crippen molar-refractivity contribution in [3.8, 4) is 11.8 Å². The van der Waals surface area contributed by atoms with Crippen LogP contribution in [0.1, 0.15) is 22.8 Å². The van der Waals surface area contributed by atoms with Gasteiger partial charge in [-0.1, -0.05) is 12.1 Å². The monoisotopic (exact) mass is 313 g/mol. The Labute approximate surface area is 132 Å². The van der Waals surface area contributed by atoms with Crippen molar-refractivity contribution < 1.29 is 9.53 Å². The molecule has 23 heavy (non-hydrogen) atoms. The number of nitrogens with zero attached hydrogens (tertiary/aromatic N) is 3. The fourth-order valence-electron chi connectivity index (χ4n) is 2.20. The van der Waals surface area contributed by atoms with E-state index >= 15 is 0 Å². The molecule has 0 fully saturated rings. The molecule has 0 radical (unpaired) electrons. The first-order chi connectivity index (χ1) is 11.0. The molecule has 1 heterocycles. The first-order valence-electron chi connectivity index (χ1n) is 6.94. The fraction of sp³-hybridized carbons (Fsp3) is 0.250. The Morgan fingerprint density at radius 1 is 1.30 bits per heavy atom. The van der Waals surface area contributed by atoms with Gasteiger partial charge in [0.05, 0.1) is 19.2 Å². The average Bonchev–Trinajstić information content (AvgIpc) is 2.58. The molecule has 0 saturated carbocycles. The summed E-state index contributed by atoms with van der Waals surface area (Å²) in [7, 11) is 1.43. The lowest BCUT2D eigenvalue weighted by Crippen LogP contribution is -2.42. The van der Waals surface area contributed by atoms with Gasteiger partial charge in [-0.2, -0.15) is 5.26 Å². The Morgan fingerprint density at radius 2 is 2.00 bits per heavy atom. The van der Waals surface area contributed by atoms with Gasteiger partial charge < -0.3 is 4.74 Å². The first kappa shape index (κ1) is 16.2. The SMILES string of the molecule is CCn1cc(C#N)c(=O)n(CC(=O)c2ccccc2OC)c1=O. The Bertz CT molecular complexity index is 903. The minimum absolute atomic E-state index is 0.181. The van der Waals surface area contributed by atoms with Crippen LogP contribution in [0.5, 0.6) is 5.75 Å². The summed E-state index contributed by atoms with van der Waals surface area (Å²) in [4.78, 5) is 36.8. The Kier molecular flexibility index (Phi) is 4.76. The highest BCUT2D eigenvalue weighted by atomic mass is 16.5. The number of rotatable bonds is 5. The summed E-state index contributed by atoms with van der Waals surface area (Å²) in [5.74, 6) is -0.0859. The molecule has 2 rings (SSSR count). The number of para-hydroxylation sites is 1. The number of nitriles is 1. The summed E-state index contributed by atoms with van der Waals surface area (Å²) in [6.45, 7) is 1.55. The number of hydrogen-bond acceptors (Lipinski definition) is 5. The molecule has 0 spiro atoms. The van der Waals surface area contributed by atoms with Gasteiger partial charge in [0.1, 0.15) is 17.4 Å². The topological polar surface area (TPSA) is 94.1 Å². The number of methoxy groups -OCH3 is 1. The Hall–Kier alpha value is -3.14. The quantitative estimate of drug-likeness (QED) is 0.761. The van der Waals surface area contributed by atoms with Crippen molar-refractivity contribution in [1.82, 2.24) is 9.13 Å². The van der Waals surface area contributed by atoms with E-state index in [-0.39, 0.29) is 17.7 Å². The van der Waals surface area contributed by atoms with Crippen LogP contribution in [0, 0.1) is 11.3 Å². The van der Waals surface area contributed by atoms with Gasteiger partial charge in [0.2, 0.25) is 0 Å². The molecular formula is C16H15N3O4. The van der Waals surface area contributed by atoms with Crippen molar-refractivity contribution in [2.24, 2.45) is 0 Å². The van der Waals surface area contributed by atoms with E-state index in [0.29, 0.717) is 5.75 Å². The van der Waals surface area contributed by atoms with Crippen LogP contribution in [0.25, 0.3) is 0 Å². The lowest BCUT2D eigenvalue weighted by Gasteiger charge is -2.10. The maximum atomic E-state index is 12.4. The van der Waals surface area contributed by atoms with E-state index < -0.39 is 23.6 Å². The molecule has 2 aromatic rings. The number of carbonyl (C=O) groups excluding carboxylic acids is 1. The molecule has 0 amide bonds. The third-order valence-corrected chi connectivity index (χ3v) is 3.41. The second kappa shape index (κ2) is 6.75. The van der Waals surface area contributed by atoms with E-state index in [1.807, 2.05) is 0 Å². The van der Waals surface area contributed by atoms with Crippen LogP contribution >= 0.6 is 0 Å². The highest BCUT2D eigenvalue weighted by Gasteiger charge is 2.17. The first-order valence-corrected chi connectivity index (χ1v) is 6.94. The van der Waals surface area contributed by atoms with Gasteiger partial charge in [-0.15, -0.1) is 0 Å². The predicted molar refractivity (Wildman–Crippen MR) is 82.7 cm³/mol. The van der Waals surface area contributed by atoms with Gasteiger partial charge in [-0.3, -0.25) is 18.7 Å². The number of carbonyl (C=O) groups is 1. The van der Waals surface area contributed by atoms with Gasteiger partial charge in [0.15, 0.2) is 5.78 Å². The molecule has 0 saturated heterocycles. The molecule has 0 aliphatic carbocycles. The van der Waals surface area contributed by atoms with Gasteiger partial charge in [0, 0.05) is 12.7 Å². The van der Waals surface area contributed by atoms with E-state index in [2.05, 4.69) is 0 Å². The van der Waals surface area contributed by atoms with E-state index in [1.54, 1.807) is 37.3 Å². The van der Waals surface area contributed by atoms with Crippen LogP contribution in [-0.4, -0.2) is 22.0 Å². The molecule has 1 aromatic carbocycles. The van der Waals surface area contributed by atoms with Gasteiger partial charge >= 0.3 is 5.69 Å². The van der Waals surface area contributed by atoms with Gasteiger partial charge in [-0.25, -0.2) is 4.79 Å². The zero-order valence-corrected chi connectivity index (χ0v) is 12.8. The number of benzene rings is 1. The minimum Gasteiger partial charge on any atom is -0.496 e. The number of ketones is 1. The highest BCUT2D eigenvalue weighted by molar-refractivity contribution is 5.98. The van der Waals surface area contributed by atoms with Gasteiger partial charge in [-0.05, 0) is 19.1 Å². The number of aromatic nitrogens is 2. The lowest BCUT2D eigenvalue weighted by molar-refractivity contribution is 0.0965. The van der Waals surface area contributed by atoms with Crippen LogP contribution in [-0.2, 0) is 13.1 Å². The number of Topliss-reactive ketones (excluding diaryl/α,β-unsaturated/α-hetero) is 1. The molecular weight excluding hydrogens is 298 g/mol. The largest absolute Gasteiger partial charge is 0.496 e. The minimum atomic E-state index is -0.773. The maximum absolute atomic E-state index is 12.4. The summed E-state index contributed by atoms with van der Waals surface area (Å²) in [5.41, 5.74) is -1.31. The molecule has 118 valence electrons. The summed E-state index contributed by atoms with van der Waals surface area (Å²) in [6.07, 6.45) is 1.20. The van der Waals surface area contributed by atoms with E-state index in [0.717, 1.165) is 4.57 Å². The molecule has 0 aliphatic heterocycles. The molecule has 0 N–H and O–H groups in total. The lowest BCUT2D eigenvalue weighted by atomic mass is 10.1. The number of hydrogen-bond donors (Lipinski definition) is 0. The van der Waals surface area contributed by atoms with Gasteiger partial charge in [0.25, 0.3) is 5.56 Å². The van der Waals surface area contributed by atoms with Crippen molar-refractivity contribution in [3.63, 3.8) is 0 Å². The zero-order valence-electron chi connectivity index (χ0n) is 12.8. The van der Waals surface area contributed by atoms with Crippen LogP contribution in [0.3, 0.4) is 0 Å². The summed E-state index contributed by atoms with van der Waals surface area (Å²) in [6, 6.07) is 8.29. The van der Waals surface area contributed by atoms with E-state index in [9.17, 15) is 14.4 Å². The summed E-state index contributed by atoms with van der Waals surface area (Å²) < 4.78 is 7.10. The predicted octanol–water partition coefficient (Wildman–Crippen LogP) is 0.793. The highest BCUT2D eigenvalue weighted by Crippen LogP contribution is 2.17. The average molecular weight is 313 g/mol. The molecule has 0 atom stereocenters. The summed E-state index contributed by atoms with van der Waals surface area (Å²) >= 11 is 0. The fourth-order valence-corrected chi connectivity index (χ4v) is 2.20. The standard InChI is InChI=1S/C16H15N3O4/c1-3-18-9-11(8-17)15(21)19(16(18)22)10-13(20)12-6-4-5-7-14(12)23-2/h4-7,9H,3,10H2,1-2H3. The molecule has 7 heteroatoms. The molecule has 0 unspecified atom stereocenters. The Morgan fingerprint density at radius 3 is 2.61 bits per heavy atom. The van der Waals surface area contributed by atoms with Crippen LogP contribution in [0.4, 0.5) is 0 Å². The van der Waals surface area contributed by atoms with Crippen LogP contribution in [0.15, 0.2) is 40.1 Å².